The largest absolute Gasteiger partial charge is 0.354 e. The summed E-state index contributed by atoms with van der Waals surface area (Å²) in [5.41, 5.74) is 2.11. The van der Waals surface area contributed by atoms with Crippen molar-refractivity contribution in [1.29, 1.82) is 0 Å². The Morgan fingerprint density at radius 1 is 1.20 bits per heavy atom. The third-order valence-electron chi connectivity index (χ3n) is 3.17. The van der Waals surface area contributed by atoms with E-state index in [1.54, 1.807) is 0 Å². The highest BCUT2D eigenvalue weighted by molar-refractivity contribution is 5.78. The van der Waals surface area contributed by atoms with Crippen molar-refractivity contribution in [1.82, 2.24) is 10.3 Å². The molecule has 0 unspecified atom stereocenters. The van der Waals surface area contributed by atoms with Gasteiger partial charge in [0.1, 0.15) is 0 Å². The molecule has 0 aliphatic heterocycles. The summed E-state index contributed by atoms with van der Waals surface area (Å²) in [5.74, 6) is 0.826. The SMILES string of the molecule is CC(C)CCCCc1ccc(CC(=O)NC(C)C)nc1. The smallest absolute Gasteiger partial charge is 0.226 e. The van der Waals surface area contributed by atoms with Crippen LogP contribution >= 0.6 is 0 Å². The number of amides is 1. The molecule has 0 saturated carbocycles. The first kappa shape index (κ1) is 16.7. The van der Waals surface area contributed by atoms with Gasteiger partial charge in [0.25, 0.3) is 0 Å². The number of carbonyl (C=O) groups excluding carboxylic acids is 1. The van der Waals surface area contributed by atoms with E-state index < -0.39 is 0 Å². The van der Waals surface area contributed by atoms with Crippen LogP contribution in [0.3, 0.4) is 0 Å². The minimum absolute atomic E-state index is 0.0391. The average Bonchev–Trinajstić information content (AvgIpc) is 2.35. The van der Waals surface area contributed by atoms with Gasteiger partial charge in [0.2, 0.25) is 5.91 Å². The van der Waals surface area contributed by atoms with Gasteiger partial charge in [-0.15, -0.1) is 0 Å². The van der Waals surface area contributed by atoms with Gasteiger partial charge in [-0.3, -0.25) is 9.78 Å². The number of nitrogens with one attached hydrogen (secondary N) is 1. The molecule has 3 heteroatoms. The van der Waals surface area contributed by atoms with Crippen LogP contribution in [0.5, 0.6) is 0 Å². The summed E-state index contributed by atoms with van der Waals surface area (Å²) in [6.45, 7) is 8.45. The van der Waals surface area contributed by atoms with Gasteiger partial charge in [0.15, 0.2) is 0 Å². The number of unbranched alkanes of at least 4 members (excludes halogenated alkanes) is 1. The van der Waals surface area contributed by atoms with Crippen molar-refractivity contribution >= 4 is 5.91 Å². The molecule has 1 rings (SSSR count). The first-order valence-corrected chi connectivity index (χ1v) is 7.70. The molecule has 0 aliphatic rings. The predicted molar refractivity (Wildman–Crippen MR) is 83.6 cm³/mol. The molecular formula is C17H28N2O. The number of pyridine rings is 1. The summed E-state index contributed by atoms with van der Waals surface area (Å²) in [6.07, 6.45) is 7.14. The van der Waals surface area contributed by atoms with Crippen molar-refractivity contribution in [2.75, 3.05) is 0 Å². The zero-order valence-corrected chi connectivity index (χ0v) is 13.3. The Balaban J connectivity index is 2.34. The number of nitrogens with zero attached hydrogens (tertiary/aromatic N) is 1. The Morgan fingerprint density at radius 2 is 1.95 bits per heavy atom. The van der Waals surface area contributed by atoms with Crippen LogP contribution in [0.2, 0.25) is 0 Å². The minimum Gasteiger partial charge on any atom is -0.354 e. The molecule has 3 nitrogen and oxygen atoms in total. The molecule has 1 heterocycles. The quantitative estimate of drug-likeness (QED) is 0.738. The molecule has 0 aliphatic carbocycles. The van der Waals surface area contributed by atoms with Crippen molar-refractivity contribution in [3.63, 3.8) is 0 Å². The summed E-state index contributed by atoms with van der Waals surface area (Å²) in [4.78, 5) is 16.0. The number of aryl methyl sites for hydroxylation is 1. The van der Waals surface area contributed by atoms with E-state index in [-0.39, 0.29) is 11.9 Å². The first-order valence-electron chi connectivity index (χ1n) is 7.70. The Morgan fingerprint density at radius 3 is 2.50 bits per heavy atom. The summed E-state index contributed by atoms with van der Waals surface area (Å²) in [6, 6.07) is 4.25. The van der Waals surface area contributed by atoms with E-state index in [0.717, 1.165) is 18.0 Å². The van der Waals surface area contributed by atoms with E-state index in [1.807, 2.05) is 26.1 Å². The van der Waals surface area contributed by atoms with Crippen molar-refractivity contribution in [2.24, 2.45) is 5.92 Å². The molecule has 20 heavy (non-hydrogen) atoms. The summed E-state index contributed by atoms with van der Waals surface area (Å²) in [7, 11) is 0. The molecule has 0 radical (unpaired) electrons. The van der Waals surface area contributed by atoms with Gasteiger partial charge in [0, 0.05) is 17.9 Å². The van der Waals surface area contributed by atoms with Crippen LogP contribution < -0.4 is 5.32 Å². The standard InChI is InChI=1S/C17H28N2O/c1-13(2)7-5-6-8-15-9-10-16(18-12-15)11-17(20)19-14(3)4/h9-10,12-14H,5-8,11H2,1-4H3,(H,19,20). The van der Waals surface area contributed by atoms with Crippen molar-refractivity contribution in [3.8, 4) is 0 Å². The van der Waals surface area contributed by atoms with Gasteiger partial charge < -0.3 is 5.32 Å². The van der Waals surface area contributed by atoms with E-state index in [4.69, 9.17) is 0 Å². The Kier molecular flexibility index (Phi) is 7.27. The maximum absolute atomic E-state index is 11.6. The topological polar surface area (TPSA) is 42.0 Å². The molecule has 1 N–H and O–H groups in total. The first-order chi connectivity index (χ1) is 9.47. The van der Waals surface area contributed by atoms with Gasteiger partial charge in [-0.1, -0.05) is 32.8 Å². The molecule has 0 atom stereocenters. The number of hydrogen-bond acceptors (Lipinski definition) is 2. The van der Waals surface area contributed by atoms with Crippen LogP contribution in [-0.2, 0) is 17.6 Å². The molecule has 0 aromatic carbocycles. The van der Waals surface area contributed by atoms with Crippen LogP contribution in [0, 0.1) is 5.92 Å². The zero-order valence-electron chi connectivity index (χ0n) is 13.3. The van der Waals surface area contributed by atoms with Crippen molar-refractivity contribution < 1.29 is 4.79 Å². The number of carbonyl (C=O) groups is 1. The highest BCUT2D eigenvalue weighted by atomic mass is 16.1. The number of aromatic nitrogens is 1. The monoisotopic (exact) mass is 276 g/mol. The highest BCUT2D eigenvalue weighted by Crippen LogP contribution is 2.10. The molecule has 0 fully saturated rings. The molecular weight excluding hydrogens is 248 g/mol. The lowest BCUT2D eigenvalue weighted by molar-refractivity contribution is -0.120. The molecule has 0 bridgehead atoms. The summed E-state index contributed by atoms with van der Waals surface area (Å²) >= 11 is 0. The summed E-state index contributed by atoms with van der Waals surface area (Å²) < 4.78 is 0. The molecule has 112 valence electrons. The average molecular weight is 276 g/mol. The molecule has 0 saturated heterocycles. The van der Waals surface area contributed by atoms with Gasteiger partial charge in [-0.05, 0) is 44.2 Å². The summed E-state index contributed by atoms with van der Waals surface area (Å²) in [5, 5.41) is 2.88. The predicted octanol–water partition coefficient (Wildman–Crippen LogP) is 3.52. The fourth-order valence-corrected chi connectivity index (χ4v) is 2.13. The molecule has 1 amide bonds. The van der Waals surface area contributed by atoms with Crippen LogP contribution in [0.25, 0.3) is 0 Å². The normalized spacial score (nSPS) is 11.1. The number of rotatable bonds is 8. The Bertz CT molecular complexity index is 396. The number of hydrogen-bond donors (Lipinski definition) is 1. The Hall–Kier alpha value is -1.38. The molecule has 1 aromatic heterocycles. The van der Waals surface area contributed by atoms with Crippen LogP contribution in [0.4, 0.5) is 0 Å². The van der Waals surface area contributed by atoms with Crippen molar-refractivity contribution in [2.45, 2.75) is 65.8 Å². The van der Waals surface area contributed by atoms with E-state index in [0.29, 0.717) is 6.42 Å². The van der Waals surface area contributed by atoms with Gasteiger partial charge in [0.05, 0.1) is 6.42 Å². The van der Waals surface area contributed by atoms with Gasteiger partial charge in [-0.25, -0.2) is 0 Å². The maximum atomic E-state index is 11.6. The lowest BCUT2D eigenvalue weighted by atomic mass is 10.0. The Labute approximate surface area is 123 Å². The fourth-order valence-electron chi connectivity index (χ4n) is 2.13. The van der Waals surface area contributed by atoms with Gasteiger partial charge in [-0.2, -0.15) is 0 Å². The van der Waals surface area contributed by atoms with E-state index in [9.17, 15) is 4.79 Å². The van der Waals surface area contributed by atoms with Crippen LogP contribution in [0.1, 0.15) is 58.2 Å². The maximum Gasteiger partial charge on any atom is 0.226 e. The highest BCUT2D eigenvalue weighted by Gasteiger charge is 2.06. The second kappa shape index (κ2) is 8.72. The zero-order chi connectivity index (χ0) is 15.0. The fraction of sp³-hybridized carbons (Fsp3) is 0.647. The van der Waals surface area contributed by atoms with E-state index >= 15 is 0 Å². The van der Waals surface area contributed by atoms with Crippen LogP contribution in [0.15, 0.2) is 18.3 Å². The van der Waals surface area contributed by atoms with Crippen molar-refractivity contribution in [3.05, 3.63) is 29.6 Å². The lowest BCUT2D eigenvalue weighted by Crippen LogP contribution is -2.31. The third-order valence-corrected chi connectivity index (χ3v) is 3.17. The minimum atomic E-state index is 0.0391. The van der Waals surface area contributed by atoms with E-state index in [2.05, 4.69) is 30.2 Å². The van der Waals surface area contributed by atoms with E-state index in [1.165, 1.54) is 24.8 Å². The second-order valence-electron chi connectivity index (χ2n) is 6.20. The molecule has 1 aromatic rings. The molecule has 0 spiro atoms. The van der Waals surface area contributed by atoms with Crippen LogP contribution in [-0.4, -0.2) is 16.9 Å². The van der Waals surface area contributed by atoms with Gasteiger partial charge >= 0.3 is 0 Å². The second-order valence-corrected chi connectivity index (χ2v) is 6.20. The lowest BCUT2D eigenvalue weighted by Gasteiger charge is -2.08. The third kappa shape index (κ3) is 7.27.